The van der Waals surface area contributed by atoms with E-state index >= 15 is 0 Å². The predicted octanol–water partition coefficient (Wildman–Crippen LogP) is 7.36. The topological polar surface area (TPSA) is 58.2 Å². The van der Waals surface area contributed by atoms with Gasteiger partial charge in [-0.1, -0.05) is 47.8 Å². The van der Waals surface area contributed by atoms with Gasteiger partial charge in [-0.2, -0.15) is 0 Å². The molecule has 3 aromatic rings. The number of nitrogens with one attached hydrogen (secondary N) is 1. The smallest absolute Gasteiger partial charge is 0.411 e. The van der Waals surface area contributed by atoms with Crippen LogP contribution >= 0.6 is 15.9 Å². The lowest BCUT2D eigenvalue weighted by Crippen LogP contribution is -2.48. The van der Waals surface area contributed by atoms with Crippen molar-refractivity contribution in [2.45, 2.75) is 78.0 Å². The van der Waals surface area contributed by atoms with E-state index in [4.69, 9.17) is 9.72 Å². The molecule has 4 rings (SSSR count). The van der Waals surface area contributed by atoms with Crippen molar-refractivity contribution in [1.82, 2.24) is 14.9 Å². The molecule has 1 heterocycles. The van der Waals surface area contributed by atoms with E-state index in [9.17, 15) is 4.79 Å². The van der Waals surface area contributed by atoms with Gasteiger partial charge in [-0.3, -0.25) is 4.90 Å². The number of imidazole rings is 1. The van der Waals surface area contributed by atoms with Gasteiger partial charge < -0.3 is 9.72 Å². The Balaban J connectivity index is 1.75. The normalized spacial score (nSPS) is 20.7. The van der Waals surface area contributed by atoms with Gasteiger partial charge in [0.1, 0.15) is 11.4 Å². The summed E-state index contributed by atoms with van der Waals surface area (Å²) in [6, 6.07) is 10.3. The number of rotatable bonds is 3. The Morgan fingerprint density at radius 2 is 1.97 bits per heavy atom. The minimum Gasteiger partial charge on any atom is -0.444 e. The highest BCUT2D eigenvalue weighted by atomic mass is 79.9. The fourth-order valence-electron chi connectivity index (χ4n) is 4.73. The van der Waals surface area contributed by atoms with Gasteiger partial charge in [0.15, 0.2) is 0 Å². The van der Waals surface area contributed by atoms with Gasteiger partial charge in [0.25, 0.3) is 0 Å². The number of aromatic nitrogens is 2. The van der Waals surface area contributed by atoms with Gasteiger partial charge in [0.2, 0.25) is 0 Å². The predicted molar refractivity (Wildman–Crippen MR) is 129 cm³/mol. The summed E-state index contributed by atoms with van der Waals surface area (Å²) in [4.78, 5) is 23.7. The first-order valence-electron chi connectivity index (χ1n) is 11.2. The van der Waals surface area contributed by atoms with Crippen molar-refractivity contribution in [3.05, 3.63) is 40.6 Å². The van der Waals surface area contributed by atoms with Crippen LogP contribution in [0.2, 0.25) is 0 Å². The van der Waals surface area contributed by atoms with Crippen LogP contribution in [0.1, 0.15) is 72.2 Å². The van der Waals surface area contributed by atoms with Crippen LogP contribution in [0.25, 0.3) is 21.8 Å². The summed E-state index contributed by atoms with van der Waals surface area (Å²) in [5.74, 6) is 1.24. The van der Waals surface area contributed by atoms with E-state index in [2.05, 4.69) is 59.0 Å². The van der Waals surface area contributed by atoms with Crippen molar-refractivity contribution < 1.29 is 9.53 Å². The zero-order valence-corrected chi connectivity index (χ0v) is 20.6. The number of fused-ring (bicyclic) bond motifs is 3. The number of amides is 1. The van der Waals surface area contributed by atoms with Gasteiger partial charge in [-0.15, -0.1) is 0 Å². The summed E-state index contributed by atoms with van der Waals surface area (Å²) in [6.07, 6.45) is 4.24. The third-order valence-electron chi connectivity index (χ3n) is 6.29. The van der Waals surface area contributed by atoms with E-state index in [-0.39, 0.29) is 18.2 Å². The van der Waals surface area contributed by atoms with Crippen LogP contribution in [0.4, 0.5) is 4.79 Å². The van der Waals surface area contributed by atoms with E-state index < -0.39 is 5.60 Å². The highest BCUT2D eigenvalue weighted by Gasteiger charge is 2.37. The molecule has 3 atom stereocenters. The zero-order chi connectivity index (χ0) is 22.3. The molecular formula is C25H32BrN3O2. The molecule has 1 N–H and O–H groups in total. The quantitative estimate of drug-likeness (QED) is 0.421. The molecule has 2 aromatic carbocycles. The van der Waals surface area contributed by atoms with Crippen LogP contribution in [0.3, 0.4) is 0 Å². The minimum absolute atomic E-state index is 0.152. The molecule has 166 valence electrons. The molecule has 1 aromatic heterocycles. The molecule has 31 heavy (non-hydrogen) atoms. The molecule has 1 unspecified atom stereocenters. The number of aromatic amines is 1. The maximum Gasteiger partial charge on any atom is 0.411 e. The van der Waals surface area contributed by atoms with Gasteiger partial charge in [0.05, 0.1) is 17.1 Å². The maximum absolute atomic E-state index is 13.3. The Bertz CT molecular complexity index is 1100. The lowest BCUT2D eigenvalue weighted by Gasteiger charge is -2.41. The molecule has 5 nitrogen and oxygen atoms in total. The Morgan fingerprint density at radius 1 is 1.23 bits per heavy atom. The summed E-state index contributed by atoms with van der Waals surface area (Å²) < 4.78 is 6.89. The monoisotopic (exact) mass is 485 g/mol. The molecule has 0 spiro atoms. The Kier molecular flexibility index (Phi) is 6.03. The largest absolute Gasteiger partial charge is 0.444 e. The number of carbonyl (C=O) groups is 1. The Labute approximate surface area is 192 Å². The van der Waals surface area contributed by atoms with Crippen molar-refractivity contribution in [3.63, 3.8) is 0 Å². The van der Waals surface area contributed by atoms with Crippen LogP contribution in [-0.2, 0) is 4.74 Å². The van der Waals surface area contributed by atoms with Gasteiger partial charge in [-0.05, 0) is 70.0 Å². The maximum atomic E-state index is 13.3. The molecule has 6 heteroatoms. The molecule has 1 fully saturated rings. The lowest BCUT2D eigenvalue weighted by atomic mass is 9.84. The molecule has 0 saturated heterocycles. The fourth-order valence-corrected chi connectivity index (χ4v) is 5.11. The van der Waals surface area contributed by atoms with Crippen molar-refractivity contribution in [3.8, 4) is 0 Å². The fraction of sp³-hybridized carbons (Fsp3) is 0.520. The highest BCUT2D eigenvalue weighted by molar-refractivity contribution is 9.10. The Hall–Kier alpha value is -2.08. The number of ether oxygens (including phenoxy) is 1. The summed E-state index contributed by atoms with van der Waals surface area (Å²) in [6.45, 7) is 10.1. The molecule has 1 amide bonds. The van der Waals surface area contributed by atoms with Crippen LogP contribution < -0.4 is 0 Å². The van der Waals surface area contributed by atoms with Crippen molar-refractivity contribution >= 4 is 43.8 Å². The van der Waals surface area contributed by atoms with Crippen molar-refractivity contribution in [2.75, 3.05) is 0 Å². The van der Waals surface area contributed by atoms with Crippen molar-refractivity contribution in [1.29, 1.82) is 0 Å². The number of nitrogens with zero attached hydrogens (tertiary/aromatic N) is 2. The summed E-state index contributed by atoms with van der Waals surface area (Å²) in [5.41, 5.74) is 1.38. The number of hydrogen-bond donors (Lipinski definition) is 1. The van der Waals surface area contributed by atoms with Gasteiger partial charge in [-0.25, -0.2) is 9.78 Å². The van der Waals surface area contributed by atoms with Crippen LogP contribution in [0.5, 0.6) is 0 Å². The van der Waals surface area contributed by atoms with E-state index in [1.54, 1.807) is 0 Å². The zero-order valence-electron chi connectivity index (χ0n) is 19.0. The Morgan fingerprint density at radius 3 is 2.68 bits per heavy atom. The second-order valence-corrected chi connectivity index (χ2v) is 10.8. The molecule has 0 radical (unpaired) electrons. The summed E-state index contributed by atoms with van der Waals surface area (Å²) >= 11 is 3.55. The summed E-state index contributed by atoms with van der Waals surface area (Å²) in [5, 5.41) is 2.24. The van der Waals surface area contributed by atoms with Crippen LogP contribution in [0.15, 0.2) is 34.8 Å². The first-order chi connectivity index (χ1) is 14.6. The molecule has 1 aliphatic carbocycles. The van der Waals surface area contributed by atoms with E-state index in [0.717, 1.165) is 51.4 Å². The minimum atomic E-state index is -0.537. The second-order valence-electron chi connectivity index (χ2n) is 9.84. The van der Waals surface area contributed by atoms with E-state index in [0.29, 0.717) is 5.92 Å². The SMILES string of the molecule is CC(c1nc2c(ccc3cc(Br)ccc32)[nH]1)N(C(=O)OC(C)(C)C)[C@H]1CCCC[C@H]1C. The highest BCUT2D eigenvalue weighted by Crippen LogP contribution is 2.35. The number of carbonyl (C=O) groups excluding carboxylic acids is 1. The summed E-state index contributed by atoms with van der Waals surface area (Å²) in [7, 11) is 0. The third-order valence-corrected chi connectivity index (χ3v) is 6.78. The number of benzene rings is 2. The average Bonchev–Trinajstić information content (AvgIpc) is 3.12. The molecule has 1 saturated carbocycles. The van der Waals surface area contributed by atoms with Gasteiger partial charge in [0, 0.05) is 15.9 Å². The molecule has 1 aliphatic rings. The molecular weight excluding hydrogens is 454 g/mol. The first-order valence-corrected chi connectivity index (χ1v) is 12.0. The average molecular weight is 486 g/mol. The molecule has 0 bridgehead atoms. The third kappa shape index (κ3) is 4.59. The van der Waals surface area contributed by atoms with Crippen LogP contribution in [-0.4, -0.2) is 32.6 Å². The van der Waals surface area contributed by atoms with Crippen LogP contribution in [0, 0.1) is 5.92 Å². The molecule has 0 aliphatic heterocycles. The van der Waals surface area contributed by atoms with E-state index in [1.807, 2.05) is 31.7 Å². The standard InChI is InChI=1S/C25H32BrN3O2/c1-15-8-6-7-9-21(15)29(24(30)31-25(3,4)5)16(2)23-27-20-13-10-17-14-18(26)11-12-19(17)22(20)28-23/h10-16,21H,6-9H2,1-5H3,(H,27,28)/t15-,16?,21+/m1/s1. The van der Waals surface area contributed by atoms with E-state index in [1.165, 1.54) is 6.42 Å². The van der Waals surface area contributed by atoms with Gasteiger partial charge >= 0.3 is 6.09 Å². The first kappa shape index (κ1) is 22.1. The second kappa shape index (κ2) is 8.45. The number of halogens is 1. The number of H-pyrrole nitrogens is 1. The number of hydrogen-bond acceptors (Lipinski definition) is 3. The van der Waals surface area contributed by atoms with Crippen molar-refractivity contribution in [2.24, 2.45) is 5.92 Å². The lowest BCUT2D eigenvalue weighted by molar-refractivity contribution is -0.00726.